The molecule has 0 radical (unpaired) electrons. The Kier molecular flexibility index (Phi) is 1.85. The summed E-state index contributed by atoms with van der Waals surface area (Å²) in [7, 11) is 0.529. The van der Waals surface area contributed by atoms with Gasteiger partial charge in [-0.05, 0) is 19.1 Å². The minimum Gasteiger partial charge on any atom is -0.367 e. The van der Waals surface area contributed by atoms with Crippen molar-refractivity contribution in [1.29, 1.82) is 0 Å². The van der Waals surface area contributed by atoms with E-state index in [9.17, 15) is 0 Å². The summed E-state index contributed by atoms with van der Waals surface area (Å²) in [6.07, 6.45) is 0. The molecule has 0 bridgehead atoms. The molecule has 0 aliphatic heterocycles. The molecule has 1 aromatic heterocycles. The van der Waals surface area contributed by atoms with Crippen molar-refractivity contribution < 1.29 is 0 Å². The van der Waals surface area contributed by atoms with E-state index in [1.807, 2.05) is 25.1 Å². The molecule has 2 N–H and O–H groups in total. The number of nitrogens with two attached hydrogens (primary N) is 1. The summed E-state index contributed by atoms with van der Waals surface area (Å²) in [5.41, 5.74) is 7.34. The summed E-state index contributed by atoms with van der Waals surface area (Å²) in [4.78, 5) is 4.17. The fraction of sp³-hybridized carbons (Fsp3) is 0.167. The van der Waals surface area contributed by atoms with Crippen LogP contribution < -0.4 is 11.2 Å². The Morgan fingerprint density at radius 1 is 1.56 bits per heavy atom. The molecule has 0 aromatic carbocycles. The number of aromatic nitrogens is 1. The molecule has 0 unspecified atom stereocenters. The molecular weight excluding hydrogens is 111 g/mol. The zero-order valence-corrected chi connectivity index (χ0v) is 5.46. The van der Waals surface area contributed by atoms with Gasteiger partial charge in [0.05, 0.1) is 0 Å². The Hall–Kier alpha value is -0.825. The Bertz CT molecular complexity index is 200. The van der Waals surface area contributed by atoms with Crippen molar-refractivity contribution in [2.75, 3.05) is 0 Å². The van der Waals surface area contributed by atoms with Crippen molar-refractivity contribution >= 4 is 13.0 Å². The maximum atomic E-state index is 5.36. The molecule has 0 aliphatic carbocycles. The molecule has 0 saturated carbocycles. The lowest BCUT2D eigenvalue weighted by Gasteiger charge is -1.93. The van der Waals surface area contributed by atoms with Gasteiger partial charge in [-0.2, -0.15) is 0 Å². The predicted octanol–water partition coefficient (Wildman–Crippen LogP) is -0.674. The molecule has 0 spiro atoms. The molecule has 1 rings (SSSR count). The van der Waals surface area contributed by atoms with E-state index in [1.54, 1.807) is 0 Å². The maximum absolute atomic E-state index is 5.36. The lowest BCUT2D eigenvalue weighted by molar-refractivity contribution is 1.23. The first kappa shape index (κ1) is 6.30. The lowest BCUT2D eigenvalue weighted by Crippen LogP contribution is -2.26. The molecule has 0 saturated heterocycles. The van der Waals surface area contributed by atoms with E-state index >= 15 is 0 Å². The van der Waals surface area contributed by atoms with Crippen LogP contribution in [0.5, 0.6) is 0 Å². The van der Waals surface area contributed by atoms with E-state index in [1.165, 1.54) is 0 Å². The van der Waals surface area contributed by atoms with Crippen molar-refractivity contribution in [3.05, 3.63) is 23.9 Å². The maximum Gasteiger partial charge on any atom is 0.256 e. The highest BCUT2D eigenvalue weighted by Gasteiger charge is 1.89. The summed E-state index contributed by atoms with van der Waals surface area (Å²) < 4.78 is 0. The molecule has 0 fully saturated rings. The second kappa shape index (κ2) is 2.64. The van der Waals surface area contributed by atoms with E-state index in [-0.39, 0.29) is 0 Å². The first-order valence-electron chi connectivity index (χ1n) is 2.95. The highest BCUT2D eigenvalue weighted by Crippen LogP contribution is 1.84. The molecule has 46 valence electrons. The van der Waals surface area contributed by atoms with E-state index in [0.29, 0.717) is 7.41 Å². The topological polar surface area (TPSA) is 38.9 Å². The zero-order chi connectivity index (χ0) is 6.69. The van der Waals surface area contributed by atoms with Crippen LogP contribution in [0.3, 0.4) is 0 Å². The Morgan fingerprint density at radius 2 is 2.33 bits per heavy atom. The van der Waals surface area contributed by atoms with Gasteiger partial charge in [-0.1, -0.05) is 6.07 Å². The SMILES string of the molecule is Cc1cccc(BN)n1. The van der Waals surface area contributed by atoms with E-state index in [2.05, 4.69) is 4.98 Å². The monoisotopic (exact) mass is 120 g/mol. The number of pyridine rings is 1. The Morgan fingerprint density at radius 3 is 2.78 bits per heavy atom. The molecular formula is C6H9BN2. The molecule has 3 heteroatoms. The van der Waals surface area contributed by atoms with Gasteiger partial charge >= 0.3 is 0 Å². The summed E-state index contributed by atoms with van der Waals surface area (Å²) in [5, 5.41) is 0. The Balaban J connectivity index is 2.94. The standard InChI is InChI=1S/C6H9BN2/c1-5-3-2-4-6(7-8)9-5/h2-4,7H,8H2,1H3. The van der Waals surface area contributed by atoms with Gasteiger partial charge < -0.3 is 5.64 Å². The molecule has 0 atom stereocenters. The molecule has 1 aromatic rings. The van der Waals surface area contributed by atoms with E-state index < -0.39 is 0 Å². The van der Waals surface area contributed by atoms with Crippen LogP contribution in [0.4, 0.5) is 0 Å². The van der Waals surface area contributed by atoms with Crippen LogP contribution in [0.25, 0.3) is 0 Å². The number of nitrogens with zero attached hydrogens (tertiary/aromatic N) is 1. The number of hydrogen-bond donors (Lipinski definition) is 1. The minimum absolute atomic E-state index is 0.529. The molecule has 1 heterocycles. The fourth-order valence-electron chi connectivity index (χ4n) is 0.713. The summed E-state index contributed by atoms with van der Waals surface area (Å²) in [6, 6.07) is 5.84. The van der Waals surface area contributed by atoms with Crippen LogP contribution in [-0.4, -0.2) is 12.4 Å². The number of aryl methyl sites for hydroxylation is 1. The summed E-state index contributed by atoms with van der Waals surface area (Å²) in [6.45, 7) is 1.96. The van der Waals surface area contributed by atoms with Crippen molar-refractivity contribution in [2.24, 2.45) is 5.64 Å². The normalized spacial score (nSPS) is 9.11. The van der Waals surface area contributed by atoms with Crippen molar-refractivity contribution in [3.8, 4) is 0 Å². The first-order chi connectivity index (χ1) is 4.33. The van der Waals surface area contributed by atoms with Crippen LogP contribution in [0, 0.1) is 6.92 Å². The average Bonchev–Trinajstić information content (AvgIpc) is 1.88. The van der Waals surface area contributed by atoms with Gasteiger partial charge in [0, 0.05) is 11.3 Å². The van der Waals surface area contributed by atoms with Crippen LogP contribution in [0.1, 0.15) is 5.69 Å². The number of hydrogen-bond acceptors (Lipinski definition) is 2. The van der Waals surface area contributed by atoms with Crippen LogP contribution in [0.15, 0.2) is 18.2 Å². The number of rotatable bonds is 1. The van der Waals surface area contributed by atoms with Gasteiger partial charge in [0.1, 0.15) is 0 Å². The second-order valence-electron chi connectivity index (χ2n) is 1.97. The van der Waals surface area contributed by atoms with Crippen molar-refractivity contribution in [3.63, 3.8) is 0 Å². The second-order valence-corrected chi connectivity index (χ2v) is 1.97. The third-order valence-corrected chi connectivity index (χ3v) is 1.16. The quantitative estimate of drug-likeness (QED) is 0.499. The van der Waals surface area contributed by atoms with Gasteiger partial charge in [0.15, 0.2) is 0 Å². The van der Waals surface area contributed by atoms with Gasteiger partial charge in [-0.3, -0.25) is 4.98 Å². The first-order valence-corrected chi connectivity index (χ1v) is 2.95. The molecule has 0 amide bonds. The third-order valence-electron chi connectivity index (χ3n) is 1.16. The fourth-order valence-corrected chi connectivity index (χ4v) is 0.713. The van der Waals surface area contributed by atoms with E-state index in [4.69, 9.17) is 5.64 Å². The van der Waals surface area contributed by atoms with Gasteiger partial charge in [0.25, 0.3) is 7.41 Å². The third kappa shape index (κ3) is 1.54. The highest BCUT2D eigenvalue weighted by molar-refractivity contribution is 6.48. The smallest absolute Gasteiger partial charge is 0.256 e. The molecule has 2 nitrogen and oxygen atoms in total. The van der Waals surface area contributed by atoms with Crippen LogP contribution in [-0.2, 0) is 0 Å². The molecule has 0 aliphatic rings. The summed E-state index contributed by atoms with van der Waals surface area (Å²) >= 11 is 0. The van der Waals surface area contributed by atoms with Crippen molar-refractivity contribution in [1.82, 2.24) is 4.98 Å². The zero-order valence-electron chi connectivity index (χ0n) is 5.46. The predicted molar refractivity (Wildman–Crippen MR) is 39.9 cm³/mol. The molecule has 9 heavy (non-hydrogen) atoms. The highest BCUT2D eigenvalue weighted by atomic mass is 14.7. The van der Waals surface area contributed by atoms with Crippen molar-refractivity contribution in [2.45, 2.75) is 6.92 Å². The Labute approximate surface area is 55.4 Å². The largest absolute Gasteiger partial charge is 0.367 e. The summed E-state index contributed by atoms with van der Waals surface area (Å²) in [5.74, 6) is 0. The lowest BCUT2D eigenvalue weighted by atomic mass is 9.91. The average molecular weight is 120 g/mol. The van der Waals surface area contributed by atoms with Crippen LogP contribution in [0.2, 0.25) is 0 Å². The van der Waals surface area contributed by atoms with Gasteiger partial charge in [0.2, 0.25) is 0 Å². The van der Waals surface area contributed by atoms with Gasteiger partial charge in [-0.25, -0.2) is 0 Å². The van der Waals surface area contributed by atoms with Gasteiger partial charge in [-0.15, -0.1) is 0 Å². The van der Waals surface area contributed by atoms with Crippen LogP contribution >= 0.6 is 0 Å². The minimum atomic E-state index is 0.529. The van der Waals surface area contributed by atoms with E-state index in [0.717, 1.165) is 11.3 Å².